The van der Waals surface area contributed by atoms with Crippen molar-refractivity contribution in [2.24, 2.45) is 11.8 Å². The summed E-state index contributed by atoms with van der Waals surface area (Å²) in [6, 6.07) is 4.57. The molecule has 2 bridgehead atoms. The van der Waals surface area contributed by atoms with E-state index in [1.54, 1.807) is 0 Å². The van der Waals surface area contributed by atoms with E-state index in [-0.39, 0.29) is 17.4 Å². The second kappa shape index (κ2) is 8.23. The van der Waals surface area contributed by atoms with Gasteiger partial charge in [0.05, 0.1) is 0 Å². The Morgan fingerprint density at radius 2 is 1.79 bits per heavy atom. The summed E-state index contributed by atoms with van der Waals surface area (Å²) in [5.41, 5.74) is 1.60. The lowest BCUT2D eigenvalue weighted by atomic mass is 9.82. The van der Waals surface area contributed by atoms with E-state index < -0.39 is 0 Å². The number of nitrogens with one attached hydrogen (secondary N) is 1. The molecule has 29 heavy (non-hydrogen) atoms. The molecule has 6 heteroatoms. The van der Waals surface area contributed by atoms with Crippen LogP contribution in [0.2, 0.25) is 0 Å². The van der Waals surface area contributed by atoms with Crippen LogP contribution in [-0.2, 0) is 16.1 Å². The third kappa shape index (κ3) is 3.89. The van der Waals surface area contributed by atoms with Crippen molar-refractivity contribution in [3.05, 3.63) is 28.2 Å². The van der Waals surface area contributed by atoms with E-state index in [1.807, 2.05) is 10.6 Å². The number of likely N-dealkylation sites (tertiary alicyclic amines) is 1. The van der Waals surface area contributed by atoms with Crippen LogP contribution in [0.3, 0.4) is 0 Å². The van der Waals surface area contributed by atoms with Crippen molar-refractivity contribution in [3.63, 3.8) is 0 Å². The Labute approximate surface area is 172 Å². The molecule has 2 saturated heterocycles. The van der Waals surface area contributed by atoms with Gasteiger partial charge in [0.15, 0.2) is 0 Å². The number of fused-ring (bicyclic) bond motifs is 4. The molecule has 1 amide bonds. The third-order valence-electron chi connectivity index (χ3n) is 7.57. The van der Waals surface area contributed by atoms with Crippen LogP contribution in [0.1, 0.15) is 63.0 Å². The number of carbonyl (C=O) groups is 1. The van der Waals surface area contributed by atoms with Gasteiger partial charge in [0, 0.05) is 56.4 Å². The highest BCUT2D eigenvalue weighted by atomic mass is 16.5. The predicted molar refractivity (Wildman–Crippen MR) is 112 cm³/mol. The van der Waals surface area contributed by atoms with Gasteiger partial charge in [-0.3, -0.25) is 14.5 Å². The number of piperidine rings is 1. The van der Waals surface area contributed by atoms with Crippen molar-refractivity contribution in [1.82, 2.24) is 9.47 Å². The van der Waals surface area contributed by atoms with Crippen molar-refractivity contribution >= 4 is 11.6 Å². The van der Waals surface area contributed by atoms with Crippen LogP contribution in [0.15, 0.2) is 16.9 Å². The van der Waals surface area contributed by atoms with Crippen LogP contribution >= 0.6 is 0 Å². The van der Waals surface area contributed by atoms with E-state index in [0.717, 1.165) is 77.1 Å². The molecule has 6 nitrogen and oxygen atoms in total. The van der Waals surface area contributed by atoms with Gasteiger partial charge in [0.2, 0.25) is 5.91 Å². The van der Waals surface area contributed by atoms with Gasteiger partial charge in [-0.25, -0.2) is 0 Å². The van der Waals surface area contributed by atoms with Crippen molar-refractivity contribution in [2.45, 2.75) is 69.9 Å². The van der Waals surface area contributed by atoms with E-state index in [1.165, 1.54) is 12.8 Å². The number of aromatic nitrogens is 1. The topological polar surface area (TPSA) is 63.6 Å². The first-order valence-corrected chi connectivity index (χ1v) is 11.6. The predicted octanol–water partition coefficient (Wildman–Crippen LogP) is 2.97. The normalized spacial score (nSPS) is 28.7. The van der Waals surface area contributed by atoms with E-state index in [4.69, 9.17) is 4.74 Å². The maximum absolute atomic E-state index is 13.2. The number of amides is 1. The first-order valence-electron chi connectivity index (χ1n) is 11.6. The standard InChI is InChI=1S/C23H33N3O3/c27-22(17-4-2-1-3-5-17)24-20-6-7-21-18-12-16(14-26(21)23(20)28)13-25(15-18)19-8-10-29-11-9-19/h6-7,16-19H,1-5,8-15H2,(H,24,27)/t16-,18-/m1/s1. The number of anilines is 1. The molecular formula is C23H33N3O3. The summed E-state index contributed by atoms with van der Waals surface area (Å²) in [5.74, 6) is 1.04. The van der Waals surface area contributed by atoms with E-state index in [0.29, 0.717) is 23.6 Å². The molecule has 1 saturated carbocycles. The Balaban J connectivity index is 1.33. The van der Waals surface area contributed by atoms with Gasteiger partial charge >= 0.3 is 0 Å². The number of pyridine rings is 1. The lowest BCUT2D eigenvalue weighted by Gasteiger charge is -2.46. The second-order valence-corrected chi connectivity index (χ2v) is 9.51. The number of hydrogen-bond acceptors (Lipinski definition) is 4. The minimum Gasteiger partial charge on any atom is -0.381 e. The smallest absolute Gasteiger partial charge is 0.274 e. The van der Waals surface area contributed by atoms with Crippen LogP contribution in [0.25, 0.3) is 0 Å². The highest BCUT2D eigenvalue weighted by molar-refractivity contribution is 5.92. The van der Waals surface area contributed by atoms with Gasteiger partial charge in [-0.1, -0.05) is 19.3 Å². The molecule has 4 aliphatic rings. The molecule has 1 aliphatic carbocycles. The average molecular weight is 400 g/mol. The maximum Gasteiger partial charge on any atom is 0.274 e. The summed E-state index contributed by atoms with van der Waals surface area (Å²) in [6.45, 7) is 4.63. The molecule has 2 atom stereocenters. The maximum atomic E-state index is 13.2. The minimum absolute atomic E-state index is 0.0131. The quantitative estimate of drug-likeness (QED) is 0.849. The van der Waals surface area contributed by atoms with Crippen LogP contribution < -0.4 is 10.9 Å². The van der Waals surface area contributed by atoms with Crippen molar-refractivity contribution < 1.29 is 9.53 Å². The van der Waals surface area contributed by atoms with Gasteiger partial charge in [-0.05, 0) is 50.2 Å². The number of hydrogen-bond donors (Lipinski definition) is 1. The van der Waals surface area contributed by atoms with Gasteiger partial charge in [0.25, 0.3) is 5.56 Å². The molecule has 4 heterocycles. The summed E-state index contributed by atoms with van der Waals surface area (Å²) in [6.07, 6.45) is 8.78. The molecule has 158 valence electrons. The fourth-order valence-corrected chi connectivity index (χ4v) is 6.03. The van der Waals surface area contributed by atoms with Crippen LogP contribution in [0.4, 0.5) is 5.69 Å². The Kier molecular flexibility index (Phi) is 5.48. The highest BCUT2D eigenvalue weighted by Gasteiger charge is 2.37. The highest BCUT2D eigenvalue weighted by Crippen LogP contribution is 2.37. The molecule has 0 aromatic carbocycles. The molecule has 0 unspecified atom stereocenters. The zero-order valence-electron chi connectivity index (χ0n) is 17.3. The molecule has 1 aromatic rings. The number of ether oxygens (including phenoxy) is 1. The molecule has 5 rings (SSSR count). The second-order valence-electron chi connectivity index (χ2n) is 9.51. The zero-order valence-corrected chi connectivity index (χ0v) is 17.3. The summed E-state index contributed by atoms with van der Waals surface area (Å²) >= 11 is 0. The minimum atomic E-state index is -0.0131. The largest absolute Gasteiger partial charge is 0.381 e. The van der Waals surface area contributed by atoms with Crippen molar-refractivity contribution in [3.8, 4) is 0 Å². The Hall–Kier alpha value is -1.66. The number of nitrogens with zero attached hydrogens (tertiary/aromatic N) is 2. The molecule has 0 radical (unpaired) electrons. The molecule has 1 aromatic heterocycles. The van der Waals surface area contributed by atoms with E-state index in [2.05, 4.69) is 16.3 Å². The number of rotatable bonds is 3. The van der Waals surface area contributed by atoms with Crippen LogP contribution in [-0.4, -0.2) is 47.7 Å². The fraction of sp³-hybridized carbons (Fsp3) is 0.739. The third-order valence-corrected chi connectivity index (χ3v) is 7.57. The van der Waals surface area contributed by atoms with E-state index in [9.17, 15) is 9.59 Å². The lowest BCUT2D eigenvalue weighted by molar-refractivity contribution is -0.120. The first kappa shape index (κ1) is 19.3. The van der Waals surface area contributed by atoms with Gasteiger partial charge in [-0.2, -0.15) is 0 Å². The summed E-state index contributed by atoms with van der Waals surface area (Å²) in [7, 11) is 0. The molecule has 3 fully saturated rings. The van der Waals surface area contributed by atoms with Crippen LogP contribution in [0, 0.1) is 11.8 Å². The lowest BCUT2D eigenvalue weighted by Crippen LogP contribution is -2.51. The van der Waals surface area contributed by atoms with Crippen LogP contribution in [0.5, 0.6) is 0 Å². The zero-order chi connectivity index (χ0) is 19.8. The molecule has 0 spiro atoms. The van der Waals surface area contributed by atoms with Gasteiger partial charge in [-0.15, -0.1) is 0 Å². The van der Waals surface area contributed by atoms with Crippen molar-refractivity contribution in [1.29, 1.82) is 0 Å². The van der Waals surface area contributed by atoms with E-state index >= 15 is 0 Å². The Morgan fingerprint density at radius 3 is 2.59 bits per heavy atom. The molecule has 1 N–H and O–H groups in total. The van der Waals surface area contributed by atoms with Gasteiger partial charge < -0.3 is 14.6 Å². The fourth-order valence-electron chi connectivity index (χ4n) is 6.03. The summed E-state index contributed by atoms with van der Waals surface area (Å²) < 4.78 is 7.49. The first-order chi connectivity index (χ1) is 14.2. The average Bonchev–Trinajstić information content (AvgIpc) is 2.77. The summed E-state index contributed by atoms with van der Waals surface area (Å²) in [5, 5.41) is 2.96. The SMILES string of the molecule is O=C(Nc1ccc2n(c1=O)C[C@@H]1C[C@@H]2CN(C2CCOCC2)C1)C1CCCCC1. The Morgan fingerprint density at radius 1 is 1.00 bits per heavy atom. The van der Waals surface area contributed by atoms with Crippen molar-refractivity contribution in [2.75, 3.05) is 31.6 Å². The molecular weight excluding hydrogens is 366 g/mol. The monoisotopic (exact) mass is 399 g/mol. The Bertz CT molecular complexity index is 808. The molecule has 3 aliphatic heterocycles. The number of carbonyl (C=O) groups excluding carboxylic acids is 1. The van der Waals surface area contributed by atoms with Gasteiger partial charge in [0.1, 0.15) is 5.69 Å². The summed E-state index contributed by atoms with van der Waals surface area (Å²) in [4.78, 5) is 28.4.